The van der Waals surface area contributed by atoms with Gasteiger partial charge in [-0.25, -0.2) is 18.2 Å². The van der Waals surface area contributed by atoms with Crippen LogP contribution in [0.4, 0.5) is 30.6 Å². The quantitative estimate of drug-likeness (QED) is 0.728. The second kappa shape index (κ2) is 7.35. The van der Waals surface area contributed by atoms with E-state index in [1.165, 1.54) is 4.90 Å². The molecule has 3 aliphatic rings. The summed E-state index contributed by atoms with van der Waals surface area (Å²) in [6.07, 6.45) is 1.71. The van der Waals surface area contributed by atoms with E-state index in [4.69, 9.17) is 0 Å². The van der Waals surface area contributed by atoms with Crippen LogP contribution in [-0.4, -0.2) is 65.4 Å². The first-order valence-corrected chi connectivity index (χ1v) is 10.4. The van der Waals surface area contributed by atoms with E-state index in [-0.39, 0.29) is 36.6 Å². The van der Waals surface area contributed by atoms with E-state index in [0.29, 0.717) is 35.3 Å². The molecule has 0 bridgehead atoms. The first-order valence-electron chi connectivity index (χ1n) is 10.4. The standard InChI is InChI=1S/C21H21F3N6O2/c1-10-17-18(30-5-3-4-15(30)20(32)28(17)2)27-21(25-10)26-12-8-29(9-12)19(31)11-6-13(22)16(24)14(23)7-11/h6-7,12,15H,3-5,8-9H2,1-2H3,(H,25,26,27). The molecule has 1 N–H and O–H groups in total. The Bertz CT molecular complexity index is 1110. The lowest BCUT2D eigenvalue weighted by molar-refractivity contribution is -0.119. The van der Waals surface area contributed by atoms with E-state index in [1.54, 1.807) is 11.9 Å². The molecule has 3 aliphatic heterocycles. The Balaban J connectivity index is 1.30. The van der Waals surface area contributed by atoms with Gasteiger partial charge in [-0.3, -0.25) is 9.59 Å². The van der Waals surface area contributed by atoms with Crippen molar-refractivity contribution in [2.75, 3.05) is 41.8 Å². The van der Waals surface area contributed by atoms with E-state index in [1.807, 2.05) is 11.8 Å². The number of hydrogen-bond donors (Lipinski definition) is 1. The molecule has 2 saturated heterocycles. The summed E-state index contributed by atoms with van der Waals surface area (Å²) in [6, 6.07) is 1.04. The Kier molecular flexibility index (Phi) is 4.72. The number of nitrogens with one attached hydrogen (secondary N) is 1. The number of fused-ring (bicyclic) bond motifs is 3. The number of hydrogen-bond acceptors (Lipinski definition) is 6. The van der Waals surface area contributed by atoms with Crippen molar-refractivity contribution in [3.8, 4) is 0 Å². The molecular formula is C21H21F3N6O2. The zero-order valence-electron chi connectivity index (χ0n) is 17.5. The molecule has 1 aromatic carbocycles. The molecule has 4 heterocycles. The van der Waals surface area contributed by atoms with E-state index in [9.17, 15) is 22.8 Å². The highest BCUT2D eigenvalue weighted by molar-refractivity contribution is 6.05. The van der Waals surface area contributed by atoms with Crippen LogP contribution in [0.25, 0.3) is 0 Å². The number of amides is 2. The maximum Gasteiger partial charge on any atom is 0.254 e. The van der Waals surface area contributed by atoms with Gasteiger partial charge in [-0.2, -0.15) is 4.98 Å². The zero-order chi connectivity index (χ0) is 22.7. The summed E-state index contributed by atoms with van der Waals surface area (Å²) in [4.78, 5) is 39.2. The number of benzene rings is 1. The molecule has 11 heteroatoms. The van der Waals surface area contributed by atoms with Gasteiger partial charge in [0, 0.05) is 32.2 Å². The van der Waals surface area contributed by atoms with Gasteiger partial charge in [-0.05, 0) is 31.9 Å². The highest BCUT2D eigenvalue weighted by Crippen LogP contribution is 2.40. The Labute approximate surface area is 182 Å². The molecule has 0 radical (unpaired) electrons. The highest BCUT2D eigenvalue weighted by Gasteiger charge is 2.42. The topological polar surface area (TPSA) is 81.7 Å². The largest absolute Gasteiger partial charge is 0.348 e. The van der Waals surface area contributed by atoms with E-state index < -0.39 is 23.4 Å². The SMILES string of the molecule is Cc1nc(NC2CN(C(=O)c3cc(F)c(F)c(F)c3)C2)nc2c1N(C)C(=O)C1CCCN21. The van der Waals surface area contributed by atoms with Crippen molar-refractivity contribution < 1.29 is 22.8 Å². The lowest BCUT2D eigenvalue weighted by atomic mass is 10.1. The van der Waals surface area contributed by atoms with Crippen LogP contribution in [0.15, 0.2) is 12.1 Å². The number of aryl methyl sites for hydroxylation is 1. The number of rotatable bonds is 3. The van der Waals surface area contributed by atoms with Crippen LogP contribution in [0, 0.1) is 24.4 Å². The van der Waals surface area contributed by atoms with Gasteiger partial charge in [0.05, 0.1) is 11.7 Å². The van der Waals surface area contributed by atoms with Crippen LogP contribution >= 0.6 is 0 Å². The third-order valence-corrected chi connectivity index (χ3v) is 6.25. The Morgan fingerprint density at radius 2 is 1.84 bits per heavy atom. The maximum atomic E-state index is 13.4. The van der Waals surface area contributed by atoms with E-state index >= 15 is 0 Å². The molecule has 1 atom stereocenters. The van der Waals surface area contributed by atoms with Gasteiger partial charge in [-0.15, -0.1) is 0 Å². The van der Waals surface area contributed by atoms with Crippen molar-refractivity contribution >= 4 is 29.3 Å². The molecule has 2 amide bonds. The van der Waals surface area contributed by atoms with Crippen molar-refractivity contribution in [1.82, 2.24) is 14.9 Å². The number of likely N-dealkylation sites (tertiary alicyclic amines) is 1. The average molecular weight is 446 g/mol. The minimum absolute atomic E-state index is 0.0456. The number of halogens is 3. The van der Waals surface area contributed by atoms with E-state index in [2.05, 4.69) is 15.3 Å². The molecule has 0 aliphatic carbocycles. The van der Waals surface area contributed by atoms with Crippen LogP contribution in [0.1, 0.15) is 28.9 Å². The third kappa shape index (κ3) is 3.14. The molecule has 0 saturated carbocycles. The fraction of sp³-hybridized carbons (Fsp3) is 0.429. The summed E-state index contributed by atoms with van der Waals surface area (Å²) >= 11 is 0. The molecule has 8 nitrogen and oxygen atoms in total. The van der Waals surface area contributed by atoms with Gasteiger partial charge in [0.2, 0.25) is 11.9 Å². The molecule has 0 spiro atoms. The van der Waals surface area contributed by atoms with Crippen molar-refractivity contribution in [2.45, 2.75) is 31.8 Å². The molecule has 168 valence electrons. The number of likely N-dealkylation sites (N-methyl/N-ethyl adjacent to an activating group) is 1. The predicted octanol–water partition coefficient (Wildman–Crippen LogP) is 2.08. The van der Waals surface area contributed by atoms with Crippen molar-refractivity contribution in [1.29, 1.82) is 0 Å². The van der Waals surface area contributed by atoms with Crippen LogP contribution in [-0.2, 0) is 4.79 Å². The van der Waals surface area contributed by atoms with Crippen molar-refractivity contribution in [3.05, 3.63) is 40.8 Å². The van der Waals surface area contributed by atoms with Gasteiger partial charge in [-0.1, -0.05) is 0 Å². The molecular weight excluding hydrogens is 425 g/mol. The Hall–Kier alpha value is -3.37. The minimum atomic E-state index is -1.60. The first kappa shape index (κ1) is 20.5. The molecule has 1 aromatic heterocycles. The van der Waals surface area contributed by atoms with Crippen molar-refractivity contribution in [3.63, 3.8) is 0 Å². The number of aromatic nitrogens is 2. The fourth-order valence-electron chi connectivity index (χ4n) is 4.60. The summed E-state index contributed by atoms with van der Waals surface area (Å²) in [5.74, 6) is -3.82. The summed E-state index contributed by atoms with van der Waals surface area (Å²) in [5.41, 5.74) is 1.13. The van der Waals surface area contributed by atoms with Gasteiger partial charge in [0.15, 0.2) is 23.3 Å². The molecule has 2 aromatic rings. The third-order valence-electron chi connectivity index (χ3n) is 6.25. The van der Waals surface area contributed by atoms with Crippen LogP contribution in [0.3, 0.4) is 0 Å². The van der Waals surface area contributed by atoms with Gasteiger partial charge >= 0.3 is 0 Å². The van der Waals surface area contributed by atoms with Crippen LogP contribution in [0.5, 0.6) is 0 Å². The van der Waals surface area contributed by atoms with Crippen LogP contribution < -0.4 is 15.1 Å². The summed E-state index contributed by atoms with van der Waals surface area (Å²) in [6.45, 7) is 3.14. The second-order valence-corrected chi connectivity index (χ2v) is 8.36. The van der Waals surface area contributed by atoms with Gasteiger partial charge in [0.25, 0.3) is 5.91 Å². The number of anilines is 3. The Morgan fingerprint density at radius 1 is 1.16 bits per heavy atom. The lowest BCUT2D eigenvalue weighted by Crippen LogP contribution is -2.57. The van der Waals surface area contributed by atoms with Crippen LogP contribution in [0.2, 0.25) is 0 Å². The molecule has 5 rings (SSSR count). The first-order chi connectivity index (χ1) is 15.2. The normalized spacial score (nSPS) is 20.2. The zero-order valence-corrected chi connectivity index (χ0v) is 17.5. The van der Waals surface area contributed by atoms with Gasteiger partial charge in [0.1, 0.15) is 11.7 Å². The summed E-state index contributed by atoms with van der Waals surface area (Å²) in [5, 5.41) is 3.19. The lowest BCUT2D eigenvalue weighted by Gasteiger charge is -2.40. The predicted molar refractivity (Wildman–Crippen MR) is 110 cm³/mol. The monoisotopic (exact) mass is 446 g/mol. The van der Waals surface area contributed by atoms with Gasteiger partial charge < -0.3 is 20.0 Å². The minimum Gasteiger partial charge on any atom is -0.348 e. The Morgan fingerprint density at radius 3 is 2.53 bits per heavy atom. The number of carbonyl (C=O) groups excluding carboxylic acids is 2. The smallest absolute Gasteiger partial charge is 0.254 e. The summed E-state index contributed by atoms with van der Waals surface area (Å²) < 4.78 is 40.0. The van der Waals surface area contributed by atoms with E-state index in [0.717, 1.165) is 19.4 Å². The fourth-order valence-corrected chi connectivity index (χ4v) is 4.60. The molecule has 2 fully saturated rings. The molecule has 32 heavy (non-hydrogen) atoms. The maximum absolute atomic E-state index is 13.4. The highest BCUT2D eigenvalue weighted by atomic mass is 19.2. The average Bonchev–Trinajstić information content (AvgIpc) is 3.21. The summed E-state index contributed by atoms with van der Waals surface area (Å²) in [7, 11) is 1.73. The molecule has 1 unspecified atom stereocenters. The van der Waals surface area contributed by atoms with Crippen molar-refractivity contribution in [2.24, 2.45) is 0 Å². The number of nitrogens with zero attached hydrogens (tertiary/aromatic N) is 5. The second-order valence-electron chi connectivity index (χ2n) is 8.36. The number of carbonyl (C=O) groups is 2.